The minimum absolute atomic E-state index is 0.588. The van der Waals surface area contributed by atoms with Crippen molar-refractivity contribution in [2.75, 3.05) is 18.5 Å². The van der Waals surface area contributed by atoms with Gasteiger partial charge in [-0.2, -0.15) is 0 Å². The largest absolute Gasteiger partial charge is 0.490 e. The molecule has 84 valence electrons. The molecule has 0 amide bonds. The van der Waals surface area contributed by atoms with Gasteiger partial charge in [0.15, 0.2) is 0 Å². The van der Waals surface area contributed by atoms with Gasteiger partial charge in [-0.15, -0.1) is 0 Å². The number of ether oxygens (including phenoxy) is 1. The van der Waals surface area contributed by atoms with Crippen molar-refractivity contribution in [2.24, 2.45) is 0 Å². The zero-order chi connectivity index (χ0) is 10.8. The van der Waals surface area contributed by atoms with E-state index in [1.54, 1.807) is 0 Å². The first-order chi connectivity index (χ1) is 7.93. The molecule has 0 saturated carbocycles. The summed E-state index contributed by atoms with van der Waals surface area (Å²) in [4.78, 5) is 0. The van der Waals surface area contributed by atoms with Gasteiger partial charge in [-0.3, -0.25) is 0 Å². The summed E-state index contributed by atoms with van der Waals surface area (Å²) < 4.78 is 5.67. The van der Waals surface area contributed by atoms with Crippen LogP contribution in [0.25, 0.3) is 0 Å². The molecule has 0 spiro atoms. The van der Waals surface area contributed by atoms with E-state index in [9.17, 15) is 0 Å². The molecule has 1 aliphatic heterocycles. The van der Waals surface area contributed by atoms with Crippen molar-refractivity contribution >= 4 is 5.69 Å². The first-order valence-electron chi connectivity index (χ1n) is 6.11. The van der Waals surface area contributed by atoms with Gasteiger partial charge in [-0.05, 0) is 37.0 Å². The molecule has 1 heterocycles. The number of benzene rings is 1. The average molecular weight is 215 g/mol. The lowest BCUT2D eigenvalue weighted by Gasteiger charge is -2.22. The van der Waals surface area contributed by atoms with Crippen molar-refractivity contribution in [1.82, 2.24) is 0 Å². The van der Waals surface area contributed by atoms with Gasteiger partial charge in [0.25, 0.3) is 0 Å². The minimum atomic E-state index is 0.588. The lowest BCUT2D eigenvalue weighted by Crippen LogP contribution is -2.18. The second-order valence-electron chi connectivity index (χ2n) is 4.50. The molecule has 1 aliphatic carbocycles. The predicted octanol–water partition coefficient (Wildman–Crippen LogP) is 3.31. The molecular formula is C14H17NO. The van der Waals surface area contributed by atoms with E-state index in [0.29, 0.717) is 5.92 Å². The summed E-state index contributed by atoms with van der Waals surface area (Å²) in [5.41, 5.74) is 2.52. The summed E-state index contributed by atoms with van der Waals surface area (Å²) in [5.74, 6) is 1.60. The highest BCUT2D eigenvalue weighted by Crippen LogP contribution is 2.34. The van der Waals surface area contributed by atoms with Gasteiger partial charge in [0.05, 0.1) is 5.69 Å². The minimum Gasteiger partial charge on any atom is -0.490 e. The molecule has 0 fully saturated rings. The van der Waals surface area contributed by atoms with Crippen LogP contribution in [-0.2, 0) is 0 Å². The quantitative estimate of drug-likeness (QED) is 0.726. The molecule has 1 unspecified atom stereocenters. The van der Waals surface area contributed by atoms with Gasteiger partial charge in [0, 0.05) is 12.5 Å². The monoisotopic (exact) mass is 215 g/mol. The molecule has 3 rings (SSSR count). The molecule has 2 aliphatic rings. The Morgan fingerprint density at radius 3 is 3.19 bits per heavy atom. The maximum atomic E-state index is 5.67. The van der Waals surface area contributed by atoms with Crippen molar-refractivity contribution in [3.8, 4) is 5.75 Å². The van der Waals surface area contributed by atoms with Crippen LogP contribution in [0, 0.1) is 0 Å². The molecule has 2 nitrogen and oxygen atoms in total. The lowest BCUT2D eigenvalue weighted by atomic mass is 9.89. The fourth-order valence-electron chi connectivity index (χ4n) is 2.47. The molecule has 0 aromatic heterocycles. The van der Waals surface area contributed by atoms with Crippen LogP contribution in [-0.4, -0.2) is 13.2 Å². The van der Waals surface area contributed by atoms with Crippen LogP contribution in [0.3, 0.4) is 0 Å². The number of allylic oxidation sites excluding steroid dienone is 2. The van der Waals surface area contributed by atoms with Crippen LogP contribution in [0.2, 0.25) is 0 Å². The SMILES string of the molecule is C1=CC(c2ccc3c(c2)OCCN3)CCC1. The van der Waals surface area contributed by atoms with Crippen LogP contribution in [0.15, 0.2) is 30.4 Å². The third-order valence-electron chi connectivity index (χ3n) is 3.36. The van der Waals surface area contributed by atoms with E-state index < -0.39 is 0 Å². The highest BCUT2D eigenvalue weighted by Gasteiger charge is 2.15. The summed E-state index contributed by atoms with van der Waals surface area (Å²) in [7, 11) is 0. The van der Waals surface area contributed by atoms with Crippen LogP contribution in [0.4, 0.5) is 5.69 Å². The number of anilines is 1. The number of nitrogens with one attached hydrogen (secondary N) is 1. The smallest absolute Gasteiger partial charge is 0.142 e. The Bertz CT molecular complexity index is 411. The Hall–Kier alpha value is -1.44. The summed E-state index contributed by atoms with van der Waals surface area (Å²) in [6, 6.07) is 6.56. The molecule has 0 saturated heterocycles. The Balaban J connectivity index is 1.90. The molecule has 1 aromatic rings. The molecule has 0 radical (unpaired) electrons. The Kier molecular flexibility index (Phi) is 2.56. The summed E-state index contributed by atoms with van der Waals surface area (Å²) in [6.45, 7) is 1.69. The van der Waals surface area contributed by atoms with Crippen molar-refractivity contribution in [3.63, 3.8) is 0 Å². The van der Waals surface area contributed by atoms with E-state index in [1.807, 2.05) is 0 Å². The molecule has 16 heavy (non-hydrogen) atoms. The second-order valence-corrected chi connectivity index (χ2v) is 4.50. The van der Waals surface area contributed by atoms with Crippen LogP contribution in [0.5, 0.6) is 5.75 Å². The van der Waals surface area contributed by atoms with Gasteiger partial charge < -0.3 is 10.1 Å². The summed E-state index contributed by atoms with van der Waals surface area (Å²) in [5, 5.41) is 3.35. The van der Waals surface area contributed by atoms with Gasteiger partial charge in [0.1, 0.15) is 12.4 Å². The highest BCUT2D eigenvalue weighted by atomic mass is 16.5. The molecule has 1 aromatic carbocycles. The normalized spacial score (nSPS) is 23.1. The van der Waals surface area contributed by atoms with Crippen LogP contribution in [0.1, 0.15) is 30.7 Å². The van der Waals surface area contributed by atoms with E-state index in [4.69, 9.17) is 4.74 Å². The zero-order valence-electron chi connectivity index (χ0n) is 9.41. The number of hydrogen-bond donors (Lipinski definition) is 1. The van der Waals surface area contributed by atoms with E-state index in [2.05, 4.69) is 35.7 Å². The Labute approximate surface area is 96.3 Å². The summed E-state index contributed by atoms with van der Waals surface area (Å²) in [6.07, 6.45) is 8.44. The maximum absolute atomic E-state index is 5.67. The van der Waals surface area contributed by atoms with Crippen LogP contribution < -0.4 is 10.1 Å². The number of rotatable bonds is 1. The fraction of sp³-hybridized carbons (Fsp3) is 0.429. The van der Waals surface area contributed by atoms with Crippen molar-refractivity contribution in [3.05, 3.63) is 35.9 Å². The van der Waals surface area contributed by atoms with Crippen molar-refractivity contribution in [1.29, 1.82) is 0 Å². The van der Waals surface area contributed by atoms with E-state index in [-0.39, 0.29) is 0 Å². The number of hydrogen-bond acceptors (Lipinski definition) is 2. The molecule has 1 atom stereocenters. The summed E-state index contributed by atoms with van der Waals surface area (Å²) >= 11 is 0. The van der Waals surface area contributed by atoms with Gasteiger partial charge in [-0.1, -0.05) is 18.2 Å². The Morgan fingerprint density at radius 1 is 1.31 bits per heavy atom. The standard InChI is InChI=1S/C14H17NO/c1-2-4-11(5-3-1)12-6-7-13-14(10-12)16-9-8-15-13/h2,4,6-7,10-11,15H,1,3,5,8-9H2. The van der Waals surface area contributed by atoms with Gasteiger partial charge in [0.2, 0.25) is 0 Å². The topological polar surface area (TPSA) is 21.3 Å². The fourth-order valence-corrected chi connectivity index (χ4v) is 2.47. The van der Waals surface area contributed by atoms with Crippen LogP contribution >= 0.6 is 0 Å². The lowest BCUT2D eigenvalue weighted by molar-refractivity contribution is 0.323. The molecule has 1 N–H and O–H groups in total. The average Bonchev–Trinajstić information content (AvgIpc) is 2.39. The van der Waals surface area contributed by atoms with Gasteiger partial charge in [-0.25, -0.2) is 0 Å². The van der Waals surface area contributed by atoms with Gasteiger partial charge >= 0.3 is 0 Å². The maximum Gasteiger partial charge on any atom is 0.142 e. The third-order valence-corrected chi connectivity index (χ3v) is 3.36. The Morgan fingerprint density at radius 2 is 2.31 bits per heavy atom. The molecule has 2 heteroatoms. The van der Waals surface area contributed by atoms with Crippen molar-refractivity contribution in [2.45, 2.75) is 25.2 Å². The first-order valence-corrected chi connectivity index (χ1v) is 6.11. The molecular weight excluding hydrogens is 198 g/mol. The second kappa shape index (κ2) is 4.20. The van der Waals surface area contributed by atoms with E-state index >= 15 is 0 Å². The zero-order valence-corrected chi connectivity index (χ0v) is 9.41. The predicted molar refractivity (Wildman–Crippen MR) is 66.2 cm³/mol. The first kappa shape index (κ1) is 9.76. The van der Waals surface area contributed by atoms with Crippen molar-refractivity contribution < 1.29 is 4.74 Å². The van der Waals surface area contributed by atoms with E-state index in [1.165, 1.54) is 24.8 Å². The van der Waals surface area contributed by atoms with E-state index in [0.717, 1.165) is 24.6 Å². The highest BCUT2D eigenvalue weighted by molar-refractivity contribution is 5.59. The third kappa shape index (κ3) is 1.80. The number of fused-ring (bicyclic) bond motifs is 1. The molecule has 0 bridgehead atoms.